The van der Waals surface area contributed by atoms with E-state index >= 15 is 0 Å². The van der Waals surface area contributed by atoms with Gasteiger partial charge in [0.2, 0.25) is 5.91 Å². The third-order valence-corrected chi connectivity index (χ3v) is 5.41. The van der Waals surface area contributed by atoms with Gasteiger partial charge in [-0.2, -0.15) is 18.3 Å². The summed E-state index contributed by atoms with van der Waals surface area (Å²) in [4.78, 5) is 13.2. The molecule has 0 saturated heterocycles. The van der Waals surface area contributed by atoms with Crippen LogP contribution in [0.15, 0.2) is 41.4 Å². The van der Waals surface area contributed by atoms with E-state index < -0.39 is 17.8 Å². The summed E-state index contributed by atoms with van der Waals surface area (Å²) in [5, 5.41) is 6.73. The van der Waals surface area contributed by atoms with Crippen molar-refractivity contribution in [2.45, 2.75) is 48.5 Å². The Kier molecular flexibility index (Phi) is 5.36. The van der Waals surface area contributed by atoms with Crippen LogP contribution >= 0.6 is 11.8 Å². The van der Waals surface area contributed by atoms with Gasteiger partial charge < -0.3 is 5.32 Å². The van der Waals surface area contributed by atoms with Crippen molar-refractivity contribution in [2.75, 3.05) is 5.32 Å². The molecule has 0 radical (unpaired) electrons. The number of nitrogens with zero attached hydrogens (tertiary/aromatic N) is 2. The number of hydrogen-bond acceptors (Lipinski definition) is 3. The predicted octanol–water partition coefficient (Wildman–Crippen LogP) is 4.58. The highest BCUT2D eigenvalue weighted by Crippen LogP contribution is 2.38. The molecule has 0 bridgehead atoms. The fraction of sp³-hybridized carbons (Fsp3) is 0.412. The smallest absolute Gasteiger partial charge is 0.323 e. The number of para-hydroxylation sites is 1. The molecule has 1 amide bonds. The van der Waals surface area contributed by atoms with Crippen LogP contribution in [0.3, 0.4) is 0 Å². The molecule has 0 atom stereocenters. The minimum absolute atomic E-state index is 0.265. The molecule has 0 unspecified atom stereocenters. The number of hydrogen-bond donors (Lipinski definition) is 1. The van der Waals surface area contributed by atoms with Crippen LogP contribution in [0.1, 0.15) is 31.4 Å². The number of alkyl halides is 3. The highest BCUT2D eigenvalue weighted by atomic mass is 32.2. The second-order valence-electron chi connectivity index (χ2n) is 5.96. The van der Waals surface area contributed by atoms with Gasteiger partial charge in [-0.25, -0.2) is 0 Å². The normalized spacial score (nSPS) is 15.5. The first-order valence-electron chi connectivity index (χ1n) is 8.08. The van der Waals surface area contributed by atoms with Crippen LogP contribution in [0, 0.1) is 0 Å². The van der Waals surface area contributed by atoms with Gasteiger partial charge in [0.05, 0.1) is 5.69 Å². The number of thioether (sulfide) groups is 1. The lowest BCUT2D eigenvalue weighted by atomic mass is 10.3. The SMILES string of the molecule is O=C(Cn1ccc(C(F)(F)F)n1)Nc1ccccc1SC1CCCC1. The Morgan fingerprint density at radius 3 is 2.64 bits per heavy atom. The van der Waals surface area contributed by atoms with Gasteiger partial charge in [-0.3, -0.25) is 9.48 Å². The lowest BCUT2D eigenvalue weighted by Gasteiger charge is -2.14. The van der Waals surface area contributed by atoms with Crippen molar-refractivity contribution >= 4 is 23.4 Å². The summed E-state index contributed by atoms with van der Waals surface area (Å²) in [6, 6.07) is 8.35. The number of nitrogens with one attached hydrogen (secondary N) is 1. The number of benzene rings is 1. The van der Waals surface area contributed by atoms with Crippen molar-refractivity contribution in [3.05, 3.63) is 42.2 Å². The predicted molar refractivity (Wildman–Crippen MR) is 90.4 cm³/mol. The van der Waals surface area contributed by atoms with Crippen LogP contribution in [0.4, 0.5) is 18.9 Å². The van der Waals surface area contributed by atoms with Crippen molar-refractivity contribution in [2.24, 2.45) is 0 Å². The molecule has 1 heterocycles. The van der Waals surface area contributed by atoms with E-state index in [0.717, 1.165) is 21.8 Å². The molecule has 2 aromatic rings. The molecule has 134 valence electrons. The minimum Gasteiger partial charge on any atom is -0.323 e. The molecule has 1 aromatic carbocycles. The number of aromatic nitrogens is 2. The Balaban J connectivity index is 1.63. The van der Waals surface area contributed by atoms with E-state index in [2.05, 4.69) is 10.4 Å². The number of halogens is 3. The average molecular weight is 369 g/mol. The van der Waals surface area contributed by atoms with Crippen LogP contribution in [0.2, 0.25) is 0 Å². The third-order valence-electron chi connectivity index (χ3n) is 3.99. The molecule has 1 aliphatic rings. The van der Waals surface area contributed by atoms with E-state index in [9.17, 15) is 18.0 Å². The summed E-state index contributed by atoms with van der Waals surface area (Å²) < 4.78 is 38.6. The summed E-state index contributed by atoms with van der Waals surface area (Å²) in [5.74, 6) is -0.406. The number of rotatable bonds is 5. The third kappa shape index (κ3) is 4.78. The van der Waals surface area contributed by atoms with Gasteiger partial charge >= 0.3 is 6.18 Å². The lowest BCUT2D eigenvalue weighted by Crippen LogP contribution is -2.20. The van der Waals surface area contributed by atoms with Crippen molar-refractivity contribution < 1.29 is 18.0 Å². The van der Waals surface area contributed by atoms with E-state index in [1.54, 1.807) is 17.8 Å². The van der Waals surface area contributed by atoms with Gasteiger partial charge in [-0.05, 0) is 31.0 Å². The largest absolute Gasteiger partial charge is 0.435 e. The first-order chi connectivity index (χ1) is 11.9. The van der Waals surface area contributed by atoms with Gasteiger partial charge in [0.1, 0.15) is 6.54 Å². The molecule has 1 N–H and O–H groups in total. The first kappa shape index (κ1) is 17.8. The van der Waals surface area contributed by atoms with E-state index in [1.807, 2.05) is 18.2 Å². The molecular formula is C17H18F3N3OS. The van der Waals surface area contributed by atoms with E-state index in [0.29, 0.717) is 10.9 Å². The fourth-order valence-corrected chi connectivity index (χ4v) is 4.13. The van der Waals surface area contributed by atoms with E-state index in [1.165, 1.54) is 25.7 Å². The van der Waals surface area contributed by atoms with E-state index in [-0.39, 0.29) is 6.54 Å². The van der Waals surface area contributed by atoms with E-state index in [4.69, 9.17) is 0 Å². The van der Waals surface area contributed by atoms with Crippen molar-refractivity contribution in [3.63, 3.8) is 0 Å². The molecule has 1 saturated carbocycles. The second-order valence-corrected chi connectivity index (χ2v) is 7.31. The average Bonchev–Trinajstić information content (AvgIpc) is 3.20. The Morgan fingerprint density at radius 2 is 1.96 bits per heavy atom. The Bertz CT molecular complexity index is 739. The molecule has 8 heteroatoms. The van der Waals surface area contributed by atoms with Gasteiger partial charge in [0.15, 0.2) is 5.69 Å². The lowest BCUT2D eigenvalue weighted by molar-refractivity contribution is -0.141. The van der Waals surface area contributed by atoms with Crippen LogP contribution in [-0.4, -0.2) is 20.9 Å². The molecular weight excluding hydrogens is 351 g/mol. The molecule has 3 rings (SSSR count). The Labute approximate surface area is 147 Å². The number of carbonyl (C=O) groups excluding carboxylic acids is 1. The van der Waals surface area contributed by atoms with Crippen LogP contribution in [-0.2, 0) is 17.5 Å². The molecule has 4 nitrogen and oxygen atoms in total. The van der Waals surface area contributed by atoms with Crippen molar-refractivity contribution in [3.8, 4) is 0 Å². The zero-order valence-corrected chi connectivity index (χ0v) is 14.2. The number of anilines is 1. The number of carbonyl (C=O) groups is 1. The minimum atomic E-state index is -4.51. The van der Waals surface area contributed by atoms with Gasteiger partial charge in [0.25, 0.3) is 0 Å². The molecule has 0 spiro atoms. The maximum Gasteiger partial charge on any atom is 0.435 e. The van der Waals surface area contributed by atoms with Gasteiger partial charge in [-0.1, -0.05) is 25.0 Å². The quantitative estimate of drug-likeness (QED) is 0.839. The van der Waals surface area contributed by atoms with Crippen molar-refractivity contribution in [1.82, 2.24) is 9.78 Å². The van der Waals surface area contributed by atoms with Crippen LogP contribution in [0.5, 0.6) is 0 Å². The molecule has 1 fully saturated rings. The highest BCUT2D eigenvalue weighted by molar-refractivity contribution is 8.00. The summed E-state index contributed by atoms with van der Waals surface area (Å²) in [6.07, 6.45) is 1.44. The summed E-state index contributed by atoms with van der Waals surface area (Å²) >= 11 is 1.75. The standard InChI is InChI=1S/C17H18F3N3OS/c18-17(19,20)15-9-10-23(22-15)11-16(24)21-13-7-3-4-8-14(13)25-12-5-1-2-6-12/h3-4,7-10,12H,1-2,5-6,11H2,(H,21,24). The Hall–Kier alpha value is -1.96. The summed E-state index contributed by atoms with van der Waals surface area (Å²) in [5.41, 5.74) is -0.315. The summed E-state index contributed by atoms with van der Waals surface area (Å²) in [7, 11) is 0. The van der Waals surface area contributed by atoms with Crippen LogP contribution in [0.25, 0.3) is 0 Å². The second kappa shape index (κ2) is 7.51. The van der Waals surface area contributed by atoms with Crippen LogP contribution < -0.4 is 5.32 Å². The molecule has 25 heavy (non-hydrogen) atoms. The monoisotopic (exact) mass is 369 g/mol. The topological polar surface area (TPSA) is 46.9 Å². The maximum absolute atomic E-state index is 12.6. The van der Waals surface area contributed by atoms with Gasteiger partial charge in [-0.15, -0.1) is 11.8 Å². The summed E-state index contributed by atoms with van der Waals surface area (Å²) in [6.45, 7) is -0.265. The zero-order chi connectivity index (χ0) is 17.9. The van der Waals surface area contributed by atoms with Crippen molar-refractivity contribution in [1.29, 1.82) is 0 Å². The number of amides is 1. The van der Waals surface area contributed by atoms with Gasteiger partial charge in [0, 0.05) is 16.3 Å². The molecule has 1 aliphatic carbocycles. The fourth-order valence-electron chi connectivity index (χ4n) is 2.80. The Morgan fingerprint density at radius 1 is 1.24 bits per heavy atom. The first-order valence-corrected chi connectivity index (χ1v) is 8.96. The maximum atomic E-state index is 12.6. The highest BCUT2D eigenvalue weighted by Gasteiger charge is 2.33. The zero-order valence-electron chi connectivity index (χ0n) is 13.4. The molecule has 1 aromatic heterocycles. The molecule has 0 aliphatic heterocycles.